The van der Waals surface area contributed by atoms with Gasteiger partial charge in [-0.05, 0) is 31.1 Å². The standard InChI is InChI=1S/C10H16N3/c1-10(2)5-3-9(4-6-10)13-8-11-7-12-13/h3,7-9H,4-6H2,1-2H3. The van der Waals surface area contributed by atoms with E-state index in [2.05, 4.69) is 30.4 Å². The maximum Gasteiger partial charge on any atom is 0.137 e. The van der Waals surface area contributed by atoms with Crippen LogP contribution in [-0.4, -0.2) is 14.8 Å². The smallest absolute Gasteiger partial charge is 0.137 e. The van der Waals surface area contributed by atoms with Crippen LogP contribution in [0, 0.1) is 11.8 Å². The third-order valence-electron chi connectivity index (χ3n) is 2.84. The van der Waals surface area contributed by atoms with Gasteiger partial charge in [-0.2, -0.15) is 5.10 Å². The largest absolute Gasteiger partial charge is 0.250 e. The molecule has 0 spiro atoms. The summed E-state index contributed by atoms with van der Waals surface area (Å²) in [5.41, 5.74) is 0.483. The van der Waals surface area contributed by atoms with Gasteiger partial charge < -0.3 is 0 Å². The first kappa shape index (κ1) is 8.73. The molecular weight excluding hydrogens is 162 g/mol. The lowest BCUT2D eigenvalue weighted by Gasteiger charge is -2.33. The Morgan fingerprint density at radius 2 is 2.31 bits per heavy atom. The molecule has 1 saturated carbocycles. The molecule has 0 aliphatic heterocycles. The minimum atomic E-state index is 0.468. The molecule has 1 aliphatic carbocycles. The Labute approximate surface area is 79.2 Å². The summed E-state index contributed by atoms with van der Waals surface area (Å²) in [6.07, 6.45) is 9.41. The van der Waals surface area contributed by atoms with Gasteiger partial charge in [-0.3, -0.25) is 0 Å². The van der Waals surface area contributed by atoms with Crippen molar-refractivity contribution in [3.63, 3.8) is 0 Å². The van der Waals surface area contributed by atoms with E-state index in [9.17, 15) is 0 Å². The molecule has 1 radical (unpaired) electrons. The third-order valence-corrected chi connectivity index (χ3v) is 2.84. The molecule has 1 aromatic rings. The average Bonchev–Trinajstić information content (AvgIpc) is 2.56. The van der Waals surface area contributed by atoms with Gasteiger partial charge in [0, 0.05) is 0 Å². The molecule has 1 unspecified atom stereocenters. The molecular formula is C10H16N3. The fraction of sp³-hybridized carbons (Fsp3) is 0.700. The Bertz CT molecular complexity index is 254. The molecule has 1 heterocycles. The van der Waals surface area contributed by atoms with Crippen molar-refractivity contribution in [3.8, 4) is 0 Å². The predicted molar refractivity (Wildman–Crippen MR) is 51.0 cm³/mol. The van der Waals surface area contributed by atoms with Gasteiger partial charge in [0.2, 0.25) is 0 Å². The van der Waals surface area contributed by atoms with E-state index in [1.807, 2.05) is 4.68 Å². The Hall–Kier alpha value is -0.860. The normalized spacial score (nSPS) is 23.2. The summed E-state index contributed by atoms with van der Waals surface area (Å²) < 4.78 is 1.95. The van der Waals surface area contributed by atoms with E-state index in [0.717, 1.165) is 0 Å². The molecule has 0 bridgehead atoms. The van der Waals surface area contributed by atoms with Crippen LogP contribution in [0.15, 0.2) is 12.7 Å². The molecule has 0 aromatic carbocycles. The van der Waals surface area contributed by atoms with Gasteiger partial charge in [-0.25, -0.2) is 9.67 Å². The highest BCUT2D eigenvalue weighted by molar-refractivity contribution is 4.92. The van der Waals surface area contributed by atoms with Crippen molar-refractivity contribution >= 4 is 0 Å². The summed E-state index contributed by atoms with van der Waals surface area (Å²) in [5, 5.41) is 4.16. The maximum atomic E-state index is 4.16. The van der Waals surface area contributed by atoms with Crippen molar-refractivity contribution < 1.29 is 0 Å². The molecule has 1 aliphatic rings. The van der Waals surface area contributed by atoms with Crippen molar-refractivity contribution in [1.29, 1.82) is 0 Å². The fourth-order valence-corrected chi connectivity index (χ4v) is 1.84. The van der Waals surface area contributed by atoms with Gasteiger partial charge in [0.25, 0.3) is 0 Å². The second-order valence-corrected chi connectivity index (χ2v) is 4.59. The lowest BCUT2D eigenvalue weighted by molar-refractivity contribution is 0.236. The quantitative estimate of drug-likeness (QED) is 0.660. The van der Waals surface area contributed by atoms with E-state index in [-0.39, 0.29) is 0 Å². The van der Waals surface area contributed by atoms with Crippen LogP contribution >= 0.6 is 0 Å². The first-order valence-corrected chi connectivity index (χ1v) is 4.85. The lowest BCUT2D eigenvalue weighted by Crippen LogP contribution is -2.24. The van der Waals surface area contributed by atoms with Crippen LogP contribution in [0.2, 0.25) is 0 Å². The number of nitrogens with zero attached hydrogens (tertiary/aromatic N) is 3. The molecule has 0 amide bonds. The Morgan fingerprint density at radius 1 is 1.46 bits per heavy atom. The van der Waals surface area contributed by atoms with E-state index in [4.69, 9.17) is 0 Å². The van der Waals surface area contributed by atoms with Crippen molar-refractivity contribution in [2.45, 2.75) is 39.2 Å². The summed E-state index contributed by atoms with van der Waals surface area (Å²) in [6, 6.07) is 0.468. The SMILES string of the molecule is CC1(C)C[CH]C(n2cncn2)CC1. The highest BCUT2D eigenvalue weighted by Gasteiger charge is 2.27. The van der Waals surface area contributed by atoms with Gasteiger partial charge >= 0.3 is 0 Å². The monoisotopic (exact) mass is 178 g/mol. The van der Waals surface area contributed by atoms with Crippen molar-refractivity contribution in [2.75, 3.05) is 0 Å². The summed E-state index contributed by atoms with van der Waals surface area (Å²) in [5.74, 6) is 0. The maximum absolute atomic E-state index is 4.16. The predicted octanol–water partition coefficient (Wildman–Crippen LogP) is 2.23. The van der Waals surface area contributed by atoms with E-state index in [0.29, 0.717) is 11.5 Å². The van der Waals surface area contributed by atoms with Crippen molar-refractivity contribution in [3.05, 3.63) is 19.1 Å². The van der Waals surface area contributed by atoms with Crippen LogP contribution in [0.25, 0.3) is 0 Å². The van der Waals surface area contributed by atoms with Gasteiger partial charge in [0.05, 0.1) is 6.04 Å². The van der Waals surface area contributed by atoms with Gasteiger partial charge in [-0.15, -0.1) is 0 Å². The molecule has 3 nitrogen and oxygen atoms in total. The van der Waals surface area contributed by atoms with Crippen LogP contribution in [0.4, 0.5) is 0 Å². The van der Waals surface area contributed by atoms with Gasteiger partial charge in [0.1, 0.15) is 12.7 Å². The third kappa shape index (κ3) is 1.90. The van der Waals surface area contributed by atoms with Crippen LogP contribution in [0.1, 0.15) is 39.2 Å². The molecule has 0 N–H and O–H groups in total. The highest BCUT2D eigenvalue weighted by Crippen LogP contribution is 2.38. The van der Waals surface area contributed by atoms with E-state index < -0.39 is 0 Å². The zero-order valence-corrected chi connectivity index (χ0v) is 8.27. The molecule has 3 heteroatoms. The topological polar surface area (TPSA) is 30.7 Å². The Balaban J connectivity index is 1.99. The molecule has 1 fully saturated rings. The Kier molecular flexibility index (Phi) is 2.10. The lowest BCUT2D eigenvalue weighted by atomic mass is 9.76. The summed E-state index contributed by atoms with van der Waals surface area (Å²) in [7, 11) is 0. The molecule has 0 saturated heterocycles. The van der Waals surface area contributed by atoms with Crippen LogP contribution in [-0.2, 0) is 0 Å². The first-order chi connectivity index (χ1) is 6.17. The zero-order valence-electron chi connectivity index (χ0n) is 8.27. The van der Waals surface area contributed by atoms with Crippen LogP contribution < -0.4 is 0 Å². The second kappa shape index (κ2) is 3.13. The molecule has 1 atom stereocenters. The fourth-order valence-electron chi connectivity index (χ4n) is 1.84. The first-order valence-electron chi connectivity index (χ1n) is 4.85. The number of hydrogen-bond acceptors (Lipinski definition) is 2. The number of aromatic nitrogens is 3. The minimum Gasteiger partial charge on any atom is -0.250 e. The van der Waals surface area contributed by atoms with Crippen molar-refractivity contribution in [1.82, 2.24) is 14.8 Å². The summed E-state index contributed by atoms with van der Waals surface area (Å²) >= 11 is 0. The molecule has 1 aromatic heterocycles. The van der Waals surface area contributed by atoms with Crippen LogP contribution in [0.5, 0.6) is 0 Å². The second-order valence-electron chi connectivity index (χ2n) is 4.59. The molecule has 13 heavy (non-hydrogen) atoms. The van der Waals surface area contributed by atoms with Gasteiger partial charge in [0.15, 0.2) is 0 Å². The van der Waals surface area contributed by atoms with Crippen molar-refractivity contribution in [2.24, 2.45) is 5.41 Å². The zero-order chi connectivity index (χ0) is 9.31. The van der Waals surface area contributed by atoms with E-state index in [1.165, 1.54) is 19.3 Å². The number of hydrogen-bond donors (Lipinski definition) is 0. The van der Waals surface area contributed by atoms with Gasteiger partial charge in [-0.1, -0.05) is 13.8 Å². The molecule has 2 rings (SSSR count). The van der Waals surface area contributed by atoms with E-state index in [1.54, 1.807) is 12.7 Å². The summed E-state index contributed by atoms with van der Waals surface area (Å²) in [6.45, 7) is 4.64. The average molecular weight is 178 g/mol. The molecule has 71 valence electrons. The summed E-state index contributed by atoms with van der Waals surface area (Å²) in [4.78, 5) is 3.97. The van der Waals surface area contributed by atoms with E-state index >= 15 is 0 Å². The highest BCUT2D eigenvalue weighted by atomic mass is 15.3. The minimum absolute atomic E-state index is 0.468. The number of rotatable bonds is 1. The van der Waals surface area contributed by atoms with Crippen LogP contribution in [0.3, 0.4) is 0 Å². The Morgan fingerprint density at radius 3 is 2.85 bits per heavy atom.